The Bertz CT molecular complexity index is 557. The minimum absolute atomic E-state index is 0.0824. The maximum Gasteiger partial charge on any atom is 0.127 e. The number of aromatic hydroxyl groups is 1. The Morgan fingerprint density at radius 1 is 1.21 bits per heavy atom. The van der Waals surface area contributed by atoms with Crippen LogP contribution < -0.4 is 5.32 Å². The summed E-state index contributed by atoms with van der Waals surface area (Å²) in [6.07, 6.45) is 0. The zero-order valence-electron chi connectivity index (χ0n) is 10.5. The second kappa shape index (κ2) is 6.17. The Morgan fingerprint density at radius 3 is 2.58 bits per heavy atom. The molecule has 2 nitrogen and oxygen atoms in total. The van der Waals surface area contributed by atoms with Crippen LogP contribution in [0.5, 0.6) is 5.75 Å². The normalized spacial score (nSPS) is 12.4. The van der Waals surface area contributed by atoms with Crippen LogP contribution in [0.4, 0.5) is 4.39 Å². The molecule has 0 saturated heterocycles. The molecule has 0 fully saturated rings. The van der Waals surface area contributed by atoms with Crippen molar-refractivity contribution in [2.45, 2.75) is 19.5 Å². The maximum atomic E-state index is 13.6. The Kier molecular flexibility index (Phi) is 4.56. The van der Waals surface area contributed by atoms with Gasteiger partial charge >= 0.3 is 0 Å². The molecule has 4 heteroatoms. The van der Waals surface area contributed by atoms with E-state index in [1.165, 1.54) is 6.07 Å². The summed E-state index contributed by atoms with van der Waals surface area (Å²) in [5, 5.41) is 12.5. The van der Waals surface area contributed by atoms with Gasteiger partial charge in [-0.05, 0) is 42.8 Å². The smallest absolute Gasteiger partial charge is 0.127 e. The molecule has 2 N–H and O–H groups in total. The molecular formula is C15H15BrFNO. The van der Waals surface area contributed by atoms with Crippen LogP contribution in [0.2, 0.25) is 0 Å². The molecule has 2 aromatic carbocycles. The molecule has 0 radical (unpaired) electrons. The zero-order valence-corrected chi connectivity index (χ0v) is 12.1. The fourth-order valence-electron chi connectivity index (χ4n) is 1.82. The Labute approximate surface area is 120 Å². The molecule has 2 aromatic rings. The maximum absolute atomic E-state index is 13.6. The minimum atomic E-state index is -0.214. The third-order valence-electron chi connectivity index (χ3n) is 3.00. The molecule has 19 heavy (non-hydrogen) atoms. The van der Waals surface area contributed by atoms with Crippen molar-refractivity contribution in [1.29, 1.82) is 0 Å². The second-order valence-electron chi connectivity index (χ2n) is 4.43. The molecule has 0 aromatic heterocycles. The standard InChI is InChI=1S/C15H15BrFNO/c1-10(11-2-5-14(19)6-3-11)18-9-12-8-13(16)4-7-15(12)17/h2-8,10,18-19H,9H2,1H3. The van der Waals surface area contributed by atoms with E-state index in [2.05, 4.69) is 21.2 Å². The Morgan fingerprint density at radius 2 is 1.89 bits per heavy atom. The van der Waals surface area contributed by atoms with Crippen molar-refractivity contribution in [3.05, 3.63) is 63.9 Å². The van der Waals surface area contributed by atoms with Crippen molar-refractivity contribution in [3.8, 4) is 5.75 Å². The summed E-state index contributed by atoms with van der Waals surface area (Å²) < 4.78 is 14.4. The van der Waals surface area contributed by atoms with Crippen molar-refractivity contribution in [1.82, 2.24) is 5.32 Å². The first-order valence-corrected chi connectivity index (χ1v) is 6.82. The van der Waals surface area contributed by atoms with Crippen LogP contribution in [0.25, 0.3) is 0 Å². The lowest BCUT2D eigenvalue weighted by atomic mass is 10.1. The number of phenols is 1. The van der Waals surface area contributed by atoms with Crippen LogP contribution in [-0.2, 0) is 6.54 Å². The monoisotopic (exact) mass is 323 g/mol. The van der Waals surface area contributed by atoms with Crippen molar-refractivity contribution >= 4 is 15.9 Å². The third kappa shape index (κ3) is 3.78. The third-order valence-corrected chi connectivity index (χ3v) is 3.49. The van der Waals surface area contributed by atoms with Crippen LogP contribution in [0.3, 0.4) is 0 Å². The van der Waals surface area contributed by atoms with Crippen molar-refractivity contribution < 1.29 is 9.50 Å². The predicted octanol–water partition coefficient (Wildman–Crippen LogP) is 4.14. The number of hydrogen-bond donors (Lipinski definition) is 2. The highest BCUT2D eigenvalue weighted by Gasteiger charge is 2.07. The Hall–Kier alpha value is -1.39. The SMILES string of the molecule is CC(NCc1cc(Br)ccc1F)c1ccc(O)cc1. The first-order chi connectivity index (χ1) is 9.06. The second-order valence-corrected chi connectivity index (χ2v) is 5.35. The molecule has 0 amide bonds. The van der Waals surface area contributed by atoms with E-state index in [0.717, 1.165) is 10.0 Å². The molecular weight excluding hydrogens is 309 g/mol. The molecule has 0 spiro atoms. The van der Waals surface area contributed by atoms with Gasteiger partial charge in [-0.3, -0.25) is 0 Å². The summed E-state index contributed by atoms with van der Waals surface area (Å²) in [5.74, 6) is 0.0302. The molecule has 0 aliphatic rings. The van der Waals surface area contributed by atoms with E-state index >= 15 is 0 Å². The van der Waals surface area contributed by atoms with Gasteiger partial charge in [-0.25, -0.2) is 4.39 Å². The van der Waals surface area contributed by atoms with Crippen LogP contribution >= 0.6 is 15.9 Å². The lowest BCUT2D eigenvalue weighted by Crippen LogP contribution is -2.18. The highest BCUT2D eigenvalue weighted by molar-refractivity contribution is 9.10. The number of phenolic OH excluding ortho intramolecular Hbond substituents is 1. The number of halogens is 2. The fraction of sp³-hybridized carbons (Fsp3) is 0.200. The highest BCUT2D eigenvalue weighted by Crippen LogP contribution is 2.19. The van der Waals surface area contributed by atoms with Crippen LogP contribution in [-0.4, -0.2) is 5.11 Å². The van der Waals surface area contributed by atoms with E-state index in [1.54, 1.807) is 24.3 Å². The van der Waals surface area contributed by atoms with Gasteiger partial charge in [0, 0.05) is 22.6 Å². The molecule has 0 heterocycles. The molecule has 0 saturated carbocycles. The van der Waals surface area contributed by atoms with Crippen molar-refractivity contribution in [2.24, 2.45) is 0 Å². The van der Waals surface area contributed by atoms with Gasteiger partial charge in [-0.1, -0.05) is 28.1 Å². The van der Waals surface area contributed by atoms with Gasteiger partial charge in [-0.2, -0.15) is 0 Å². The molecule has 1 atom stereocenters. The number of rotatable bonds is 4. The average Bonchev–Trinajstić information content (AvgIpc) is 2.40. The average molecular weight is 324 g/mol. The number of nitrogens with one attached hydrogen (secondary N) is 1. The van der Waals surface area contributed by atoms with Gasteiger partial charge in [0.05, 0.1) is 0 Å². The first kappa shape index (κ1) is 14.0. The first-order valence-electron chi connectivity index (χ1n) is 6.02. The summed E-state index contributed by atoms with van der Waals surface area (Å²) in [5.41, 5.74) is 1.67. The van der Waals surface area contributed by atoms with Gasteiger partial charge in [0.1, 0.15) is 11.6 Å². The van der Waals surface area contributed by atoms with Crippen molar-refractivity contribution in [2.75, 3.05) is 0 Å². The molecule has 100 valence electrons. The summed E-state index contributed by atoms with van der Waals surface area (Å²) in [4.78, 5) is 0. The Balaban J connectivity index is 2.02. The number of hydrogen-bond acceptors (Lipinski definition) is 2. The van der Waals surface area contributed by atoms with Gasteiger partial charge in [0.15, 0.2) is 0 Å². The lowest BCUT2D eigenvalue weighted by Gasteiger charge is -2.15. The summed E-state index contributed by atoms with van der Waals surface area (Å²) >= 11 is 3.33. The van der Waals surface area contributed by atoms with E-state index in [4.69, 9.17) is 0 Å². The van der Waals surface area contributed by atoms with Crippen LogP contribution in [0, 0.1) is 5.82 Å². The molecule has 1 unspecified atom stereocenters. The van der Waals surface area contributed by atoms with Crippen LogP contribution in [0.15, 0.2) is 46.9 Å². The van der Waals surface area contributed by atoms with E-state index in [-0.39, 0.29) is 17.6 Å². The number of benzene rings is 2. The summed E-state index contributed by atoms with van der Waals surface area (Å²) in [6, 6.07) is 12.0. The molecule has 0 aliphatic heterocycles. The van der Waals surface area contributed by atoms with Gasteiger partial charge in [0.25, 0.3) is 0 Å². The van der Waals surface area contributed by atoms with Crippen LogP contribution in [0.1, 0.15) is 24.1 Å². The van der Waals surface area contributed by atoms with E-state index in [9.17, 15) is 9.50 Å². The van der Waals surface area contributed by atoms with E-state index < -0.39 is 0 Å². The summed E-state index contributed by atoms with van der Waals surface area (Å²) in [7, 11) is 0. The molecule has 0 aliphatic carbocycles. The van der Waals surface area contributed by atoms with E-state index in [0.29, 0.717) is 12.1 Å². The molecule has 2 rings (SSSR count). The van der Waals surface area contributed by atoms with E-state index in [1.807, 2.05) is 19.1 Å². The summed E-state index contributed by atoms with van der Waals surface area (Å²) in [6.45, 7) is 2.45. The lowest BCUT2D eigenvalue weighted by molar-refractivity contribution is 0.474. The zero-order chi connectivity index (χ0) is 13.8. The quantitative estimate of drug-likeness (QED) is 0.886. The molecule has 0 bridgehead atoms. The predicted molar refractivity (Wildman–Crippen MR) is 77.5 cm³/mol. The van der Waals surface area contributed by atoms with Gasteiger partial charge < -0.3 is 10.4 Å². The highest BCUT2D eigenvalue weighted by atomic mass is 79.9. The van der Waals surface area contributed by atoms with Gasteiger partial charge in [-0.15, -0.1) is 0 Å². The van der Waals surface area contributed by atoms with Crippen molar-refractivity contribution in [3.63, 3.8) is 0 Å². The fourth-order valence-corrected chi connectivity index (χ4v) is 2.23. The minimum Gasteiger partial charge on any atom is -0.508 e. The van der Waals surface area contributed by atoms with Gasteiger partial charge in [0.2, 0.25) is 0 Å². The largest absolute Gasteiger partial charge is 0.508 e. The topological polar surface area (TPSA) is 32.3 Å².